The first-order valence-corrected chi connectivity index (χ1v) is 7.21. The molecule has 0 spiro atoms. The summed E-state index contributed by atoms with van der Waals surface area (Å²) in [5, 5.41) is 0. The summed E-state index contributed by atoms with van der Waals surface area (Å²) in [6.45, 7) is 1.42. The molecule has 1 aromatic carbocycles. The van der Waals surface area contributed by atoms with Gasteiger partial charge in [-0.05, 0) is 12.0 Å². The van der Waals surface area contributed by atoms with Gasteiger partial charge in [0.2, 0.25) is 11.8 Å². The van der Waals surface area contributed by atoms with Crippen LogP contribution in [0.15, 0.2) is 30.3 Å². The van der Waals surface area contributed by atoms with Crippen LogP contribution < -0.4 is 5.73 Å². The molecule has 5 heteroatoms. The summed E-state index contributed by atoms with van der Waals surface area (Å²) >= 11 is 0. The molecule has 5 nitrogen and oxygen atoms in total. The van der Waals surface area contributed by atoms with E-state index in [1.807, 2.05) is 30.3 Å². The zero-order valence-electron chi connectivity index (χ0n) is 12.3. The molecule has 1 saturated heterocycles. The molecule has 0 unspecified atom stereocenters. The predicted octanol–water partition coefficient (Wildman–Crippen LogP) is 0.825. The number of hydrogen-bond acceptors (Lipinski definition) is 3. The maximum atomic E-state index is 12.3. The topological polar surface area (TPSA) is 72.6 Å². The Kier molecular flexibility index (Phi) is 5.33. The number of likely N-dealkylation sites (tertiary alicyclic amines) is 1. The van der Waals surface area contributed by atoms with Crippen LogP contribution in [0.2, 0.25) is 0 Å². The lowest BCUT2D eigenvalue weighted by Crippen LogP contribution is -2.32. The number of primary amides is 1. The molecular weight excluding hydrogens is 268 g/mol. The van der Waals surface area contributed by atoms with Crippen molar-refractivity contribution in [1.82, 2.24) is 4.90 Å². The van der Waals surface area contributed by atoms with Gasteiger partial charge in [-0.3, -0.25) is 9.59 Å². The van der Waals surface area contributed by atoms with Crippen LogP contribution in [0, 0.1) is 11.8 Å². The quantitative estimate of drug-likeness (QED) is 0.843. The molecule has 21 heavy (non-hydrogen) atoms. The highest BCUT2D eigenvalue weighted by atomic mass is 16.5. The minimum absolute atomic E-state index is 0.00757. The Morgan fingerprint density at radius 2 is 2.00 bits per heavy atom. The number of carbonyl (C=O) groups excluding carboxylic acids is 2. The molecule has 1 heterocycles. The Hall–Kier alpha value is -1.88. The van der Waals surface area contributed by atoms with E-state index in [1.165, 1.54) is 0 Å². The van der Waals surface area contributed by atoms with Gasteiger partial charge in [0.05, 0.1) is 12.5 Å². The van der Waals surface area contributed by atoms with E-state index in [-0.39, 0.29) is 23.7 Å². The first kappa shape index (κ1) is 15.5. The van der Waals surface area contributed by atoms with Gasteiger partial charge in [-0.25, -0.2) is 0 Å². The molecule has 2 N–H and O–H groups in total. The summed E-state index contributed by atoms with van der Waals surface area (Å²) in [4.78, 5) is 25.5. The number of nitrogens with two attached hydrogens (primary N) is 1. The van der Waals surface area contributed by atoms with Gasteiger partial charge in [0, 0.05) is 32.5 Å². The minimum Gasteiger partial charge on any atom is -0.384 e. The molecule has 1 fully saturated rings. The molecule has 1 aliphatic rings. The molecule has 1 aliphatic heterocycles. The van der Waals surface area contributed by atoms with Crippen LogP contribution in [-0.2, 0) is 20.7 Å². The lowest BCUT2D eigenvalue weighted by molar-refractivity contribution is -0.130. The number of benzene rings is 1. The van der Waals surface area contributed by atoms with Gasteiger partial charge in [0.1, 0.15) is 0 Å². The Labute approximate surface area is 125 Å². The van der Waals surface area contributed by atoms with E-state index < -0.39 is 0 Å². The van der Waals surface area contributed by atoms with Crippen LogP contribution in [0.5, 0.6) is 0 Å². The smallest absolute Gasteiger partial charge is 0.222 e. The van der Waals surface area contributed by atoms with E-state index in [0.29, 0.717) is 32.5 Å². The highest BCUT2D eigenvalue weighted by Gasteiger charge is 2.38. The molecule has 2 amide bonds. The van der Waals surface area contributed by atoms with Gasteiger partial charge in [0.15, 0.2) is 0 Å². The fraction of sp³-hybridized carbons (Fsp3) is 0.500. The molecule has 1 aromatic rings. The molecule has 2 rings (SSSR count). The van der Waals surface area contributed by atoms with E-state index in [4.69, 9.17) is 10.5 Å². The van der Waals surface area contributed by atoms with Gasteiger partial charge in [-0.2, -0.15) is 0 Å². The maximum absolute atomic E-state index is 12.3. The third-order valence-corrected chi connectivity index (χ3v) is 4.01. The summed E-state index contributed by atoms with van der Waals surface area (Å²) in [5.41, 5.74) is 6.56. The van der Waals surface area contributed by atoms with Gasteiger partial charge < -0.3 is 15.4 Å². The van der Waals surface area contributed by atoms with Crippen molar-refractivity contribution in [2.24, 2.45) is 17.6 Å². The number of methoxy groups -OCH3 is 1. The van der Waals surface area contributed by atoms with Crippen molar-refractivity contribution < 1.29 is 14.3 Å². The SMILES string of the molecule is COC[C@@H]1CN(C(=O)CCc2ccccc2)C[C@H]1C(N)=O. The first-order valence-electron chi connectivity index (χ1n) is 7.21. The Bertz CT molecular complexity index is 490. The largest absolute Gasteiger partial charge is 0.384 e. The van der Waals surface area contributed by atoms with E-state index in [0.717, 1.165) is 5.56 Å². The number of nitrogens with zero attached hydrogens (tertiary/aromatic N) is 1. The summed E-state index contributed by atoms with van der Waals surface area (Å²) in [5.74, 6) is -0.571. The van der Waals surface area contributed by atoms with Crippen molar-refractivity contribution >= 4 is 11.8 Å². The normalized spacial score (nSPS) is 21.5. The van der Waals surface area contributed by atoms with Crippen molar-refractivity contribution in [3.8, 4) is 0 Å². The second kappa shape index (κ2) is 7.22. The van der Waals surface area contributed by atoms with Gasteiger partial charge in [0.25, 0.3) is 0 Å². The van der Waals surface area contributed by atoms with Gasteiger partial charge in [-0.15, -0.1) is 0 Å². The van der Waals surface area contributed by atoms with Crippen molar-refractivity contribution in [1.29, 1.82) is 0 Å². The van der Waals surface area contributed by atoms with Crippen LogP contribution in [0.3, 0.4) is 0 Å². The van der Waals surface area contributed by atoms with Crippen molar-refractivity contribution in [2.45, 2.75) is 12.8 Å². The zero-order valence-corrected chi connectivity index (χ0v) is 12.3. The number of amides is 2. The van der Waals surface area contributed by atoms with Gasteiger partial charge in [-0.1, -0.05) is 30.3 Å². The molecule has 0 aliphatic carbocycles. The van der Waals surface area contributed by atoms with Gasteiger partial charge >= 0.3 is 0 Å². The molecule has 114 valence electrons. The van der Waals surface area contributed by atoms with E-state index in [9.17, 15) is 9.59 Å². The maximum Gasteiger partial charge on any atom is 0.222 e. The van der Waals surface area contributed by atoms with Crippen molar-refractivity contribution in [3.63, 3.8) is 0 Å². The van der Waals surface area contributed by atoms with Crippen LogP contribution in [0.25, 0.3) is 0 Å². The molecule has 0 radical (unpaired) electrons. The van der Waals surface area contributed by atoms with Crippen LogP contribution in [0.4, 0.5) is 0 Å². The first-order chi connectivity index (χ1) is 10.1. The standard InChI is InChI=1S/C16H22N2O3/c1-21-11-13-9-18(10-14(13)16(17)20)15(19)8-7-12-5-3-2-4-6-12/h2-6,13-14H,7-11H2,1H3,(H2,17,20)/t13-,14+/m0/s1. The van der Waals surface area contributed by atoms with Crippen LogP contribution >= 0.6 is 0 Å². The second-order valence-electron chi connectivity index (χ2n) is 5.51. The number of hydrogen-bond donors (Lipinski definition) is 1. The predicted molar refractivity (Wildman–Crippen MR) is 79.4 cm³/mol. The molecule has 0 aromatic heterocycles. The fourth-order valence-electron chi connectivity index (χ4n) is 2.83. The van der Waals surface area contributed by atoms with E-state index in [1.54, 1.807) is 12.0 Å². The van der Waals surface area contributed by atoms with E-state index >= 15 is 0 Å². The Morgan fingerprint density at radius 1 is 1.29 bits per heavy atom. The number of carbonyl (C=O) groups is 2. The molecular formula is C16H22N2O3. The third-order valence-electron chi connectivity index (χ3n) is 4.01. The number of ether oxygens (including phenoxy) is 1. The summed E-state index contributed by atoms with van der Waals surface area (Å²) in [7, 11) is 1.60. The monoisotopic (exact) mass is 290 g/mol. The van der Waals surface area contributed by atoms with Crippen LogP contribution in [0.1, 0.15) is 12.0 Å². The van der Waals surface area contributed by atoms with E-state index in [2.05, 4.69) is 0 Å². The van der Waals surface area contributed by atoms with Crippen molar-refractivity contribution in [3.05, 3.63) is 35.9 Å². The molecule has 2 atom stereocenters. The highest BCUT2D eigenvalue weighted by Crippen LogP contribution is 2.24. The minimum atomic E-state index is -0.351. The lowest BCUT2D eigenvalue weighted by Gasteiger charge is -2.16. The Morgan fingerprint density at radius 3 is 2.62 bits per heavy atom. The third kappa shape index (κ3) is 4.04. The summed E-state index contributed by atoms with van der Waals surface area (Å²) in [6, 6.07) is 9.91. The number of aryl methyl sites for hydroxylation is 1. The fourth-order valence-corrected chi connectivity index (χ4v) is 2.83. The van der Waals surface area contributed by atoms with Crippen LogP contribution in [-0.4, -0.2) is 43.5 Å². The number of rotatable bonds is 6. The Balaban J connectivity index is 1.89. The lowest BCUT2D eigenvalue weighted by atomic mass is 9.96. The zero-order chi connectivity index (χ0) is 15.2. The second-order valence-corrected chi connectivity index (χ2v) is 5.51. The highest BCUT2D eigenvalue weighted by molar-refractivity contribution is 5.81. The van der Waals surface area contributed by atoms with Crippen molar-refractivity contribution in [2.75, 3.05) is 26.8 Å². The summed E-state index contributed by atoms with van der Waals surface area (Å²) in [6.07, 6.45) is 1.17. The average molecular weight is 290 g/mol. The average Bonchev–Trinajstić information content (AvgIpc) is 2.90. The molecule has 0 bridgehead atoms. The molecule has 0 saturated carbocycles. The summed E-state index contributed by atoms with van der Waals surface area (Å²) < 4.78 is 5.12.